The lowest BCUT2D eigenvalue weighted by molar-refractivity contribution is -0.139. The van der Waals surface area contributed by atoms with Crippen molar-refractivity contribution in [3.63, 3.8) is 0 Å². The topological polar surface area (TPSA) is 107 Å². The Morgan fingerprint density at radius 1 is 1.50 bits per heavy atom. The summed E-state index contributed by atoms with van der Waals surface area (Å²) in [4.78, 5) is 10.9. The fourth-order valence-electron chi connectivity index (χ4n) is 1.51. The summed E-state index contributed by atoms with van der Waals surface area (Å²) in [7, 11) is -4.04. The van der Waals surface area contributed by atoms with Gasteiger partial charge in [0.05, 0.1) is 10.5 Å². The normalized spacial score (nSPS) is 12.6. The molecule has 0 saturated carbocycles. The lowest BCUT2D eigenvalue weighted by Gasteiger charge is -2.14. The number of carbonyl (C=O) groups is 1. The molecule has 0 unspecified atom stereocenters. The molecule has 1 atom stereocenters. The summed E-state index contributed by atoms with van der Waals surface area (Å²) in [6.07, 6.45) is 1.98. The van der Waals surface area contributed by atoms with E-state index in [-0.39, 0.29) is 16.9 Å². The molecule has 1 rings (SSSR count). The van der Waals surface area contributed by atoms with Crippen LogP contribution in [0.3, 0.4) is 0 Å². The van der Waals surface area contributed by atoms with Gasteiger partial charge in [-0.15, -0.1) is 0 Å². The molecule has 1 aromatic carbocycles. The number of benzene rings is 1. The first-order chi connectivity index (χ1) is 9.42. The van der Waals surface area contributed by atoms with Crippen molar-refractivity contribution in [3.05, 3.63) is 29.8 Å². The third-order valence-corrected chi connectivity index (χ3v) is 4.68. The van der Waals surface area contributed by atoms with Crippen LogP contribution in [0.15, 0.2) is 29.2 Å². The Labute approximate surface area is 121 Å². The van der Waals surface area contributed by atoms with Gasteiger partial charge in [0.1, 0.15) is 12.1 Å². The van der Waals surface area contributed by atoms with E-state index in [4.69, 9.17) is 10.4 Å². The number of nitrogens with one attached hydrogen (secondary N) is 1. The number of rotatable bonds is 7. The smallest absolute Gasteiger partial charge is 0.321 e. The quantitative estimate of drug-likeness (QED) is 0.778. The van der Waals surface area contributed by atoms with Gasteiger partial charge in [-0.25, -0.2) is 8.42 Å². The van der Waals surface area contributed by atoms with E-state index >= 15 is 0 Å². The molecular formula is C12H14N2O4S2. The van der Waals surface area contributed by atoms with Crippen molar-refractivity contribution < 1.29 is 18.3 Å². The van der Waals surface area contributed by atoms with Crippen LogP contribution in [-0.4, -0.2) is 37.5 Å². The minimum Gasteiger partial charge on any atom is -0.480 e. The predicted molar refractivity (Wildman–Crippen MR) is 75.9 cm³/mol. The number of aliphatic carboxylic acids is 1. The van der Waals surface area contributed by atoms with Crippen LogP contribution in [0.1, 0.15) is 12.0 Å². The molecule has 6 nitrogen and oxygen atoms in total. The number of hydrogen-bond donors (Lipinski definition) is 2. The van der Waals surface area contributed by atoms with E-state index in [9.17, 15) is 13.2 Å². The van der Waals surface area contributed by atoms with Gasteiger partial charge in [-0.3, -0.25) is 4.79 Å². The van der Waals surface area contributed by atoms with Crippen molar-refractivity contribution >= 4 is 27.8 Å². The molecule has 2 N–H and O–H groups in total. The molecule has 0 spiro atoms. The maximum absolute atomic E-state index is 12.2. The van der Waals surface area contributed by atoms with Crippen LogP contribution in [0.5, 0.6) is 0 Å². The van der Waals surface area contributed by atoms with Gasteiger partial charge in [0.2, 0.25) is 10.0 Å². The van der Waals surface area contributed by atoms with Gasteiger partial charge in [0.15, 0.2) is 0 Å². The van der Waals surface area contributed by atoms with E-state index in [1.54, 1.807) is 18.4 Å². The van der Waals surface area contributed by atoms with E-state index < -0.39 is 22.0 Å². The molecule has 8 heteroatoms. The SMILES string of the molecule is CSCC[C@@H](NS(=O)(=O)c1ccccc1C#N)C(=O)O. The van der Waals surface area contributed by atoms with Gasteiger partial charge in [0, 0.05) is 0 Å². The van der Waals surface area contributed by atoms with Crippen LogP contribution in [0.2, 0.25) is 0 Å². The molecule has 1 aromatic rings. The molecule has 0 heterocycles. The first kappa shape index (κ1) is 16.5. The van der Waals surface area contributed by atoms with Crippen molar-refractivity contribution in [2.24, 2.45) is 0 Å². The minimum absolute atomic E-state index is 0.0194. The maximum atomic E-state index is 12.2. The molecule has 0 amide bonds. The molecule has 0 aromatic heterocycles. The van der Waals surface area contributed by atoms with Gasteiger partial charge in [-0.1, -0.05) is 12.1 Å². The fraction of sp³-hybridized carbons (Fsp3) is 0.333. The summed E-state index contributed by atoms with van der Waals surface area (Å²) in [5, 5.41) is 17.9. The van der Waals surface area contributed by atoms with Crippen molar-refractivity contribution in [1.82, 2.24) is 4.72 Å². The average molecular weight is 314 g/mol. The van der Waals surface area contributed by atoms with Crippen LogP contribution in [0.25, 0.3) is 0 Å². The highest BCUT2D eigenvalue weighted by Crippen LogP contribution is 2.15. The largest absolute Gasteiger partial charge is 0.480 e. The average Bonchev–Trinajstić information content (AvgIpc) is 2.43. The second kappa shape index (κ2) is 7.28. The Balaban J connectivity index is 3.04. The van der Waals surface area contributed by atoms with Crippen molar-refractivity contribution in [1.29, 1.82) is 5.26 Å². The molecule has 20 heavy (non-hydrogen) atoms. The zero-order valence-corrected chi connectivity index (χ0v) is 12.4. The molecule has 0 aliphatic carbocycles. The number of carboxylic acid groups (broad SMARTS) is 1. The Kier molecular flexibility index (Phi) is 6.01. The Bertz CT molecular complexity index is 623. The van der Waals surface area contributed by atoms with Gasteiger partial charge in [-0.2, -0.15) is 21.7 Å². The molecular weight excluding hydrogens is 300 g/mol. The maximum Gasteiger partial charge on any atom is 0.321 e. The Hall–Kier alpha value is -1.56. The van der Waals surface area contributed by atoms with Crippen LogP contribution in [-0.2, 0) is 14.8 Å². The second-order valence-corrected chi connectivity index (χ2v) is 6.57. The summed E-state index contributed by atoms with van der Waals surface area (Å²) in [6, 6.07) is 6.23. The molecule has 0 aliphatic heterocycles. The van der Waals surface area contributed by atoms with E-state index in [2.05, 4.69) is 4.72 Å². The highest BCUT2D eigenvalue weighted by atomic mass is 32.2. The number of hydrogen-bond acceptors (Lipinski definition) is 5. The lowest BCUT2D eigenvalue weighted by Crippen LogP contribution is -2.41. The Morgan fingerprint density at radius 3 is 2.70 bits per heavy atom. The van der Waals surface area contributed by atoms with Gasteiger partial charge >= 0.3 is 5.97 Å². The minimum atomic E-state index is -4.04. The number of nitriles is 1. The summed E-state index contributed by atoms with van der Waals surface area (Å²) in [5.41, 5.74) is -0.0194. The molecule has 0 radical (unpaired) electrons. The van der Waals surface area contributed by atoms with Crippen LogP contribution >= 0.6 is 11.8 Å². The van der Waals surface area contributed by atoms with Crippen LogP contribution in [0, 0.1) is 11.3 Å². The zero-order valence-electron chi connectivity index (χ0n) is 10.7. The molecule has 0 bridgehead atoms. The molecule has 0 fully saturated rings. The lowest BCUT2D eigenvalue weighted by atomic mass is 10.2. The van der Waals surface area contributed by atoms with Crippen molar-refractivity contribution in [3.8, 4) is 6.07 Å². The molecule has 0 aliphatic rings. The van der Waals surface area contributed by atoms with E-state index in [1.165, 1.54) is 30.0 Å². The monoisotopic (exact) mass is 314 g/mol. The molecule has 108 valence electrons. The molecule has 0 saturated heterocycles. The first-order valence-electron chi connectivity index (χ1n) is 5.65. The standard InChI is InChI=1S/C12H14N2O4S2/c1-19-7-6-10(12(15)16)14-20(17,18)11-5-3-2-4-9(11)8-13/h2-5,10,14H,6-7H2,1H3,(H,15,16)/t10-/m1/s1. The summed E-state index contributed by atoms with van der Waals surface area (Å²) in [6.45, 7) is 0. The number of sulfonamides is 1. The Morgan fingerprint density at radius 2 is 2.15 bits per heavy atom. The number of nitrogens with zero attached hydrogens (tertiary/aromatic N) is 1. The summed E-state index contributed by atoms with van der Waals surface area (Å²) >= 11 is 1.43. The van der Waals surface area contributed by atoms with E-state index in [0.29, 0.717) is 5.75 Å². The summed E-state index contributed by atoms with van der Waals surface area (Å²) in [5.74, 6) is -0.726. The number of carboxylic acids is 1. The van der Waals surface area contributed by atoms with Gasteiger partial charge < -0.3 is 5.11 Å². The van der Waals surface area contributed by atoms with Crippen LogP contribution < -0.4 is 4.72 Å². The third kappa shape index (κ3) is 4.23. The second-order valence-electron chi connectivity index (χ2n) is 3.90. The van der Waals surface area contributed by atoms with Crippen molar-refractivity contribution in [2.45, 2.75) is 17.4 Å². The number of thioether (sulfide) groups is 1. The highest BCUT2D eigenvalue weighted by molar-refractivity contribution is 7.98. The van der Waals surface area contributed by atoms with Crippen LogP contribution in [0.4, 0.5) is 0 Å². The van der Waals surface area contributed by atoms with Crippen molar-refractivity contribution in [2.75, 3.05) is 12.0 Å². The summed E-state index contributed by atoms with van der Waals surface area (Å²) < 4.78 is 26.4. The fourth-order valence-corrected chi connectivity index (χ4v) is 3.37. The predicted octanol–water partition coefficient (Wildman–Crippen LogP) is 1.04. The van der Waals surface area contributed by atoms with E-state index in [0.717, 1.165) is 0 Å². The first-order valence-corrected chi connectivity index (χ1v) is 8.53. The van der Waals surface area contributed by atoms with Gasteiger partial charge in [-0.05, 0) is 30.6 Å². The third-order valence-electron chi connectivity index (χ3n) is 2.50. The van der Waals surface area contributed by atoms with E-state index in [1.807, 2.05) is 0 Å². The zero-order chi connectivity index (χ0) is 15.2. The van der Waals surface area contributed by atoms with Gasteiger partial charge in [0.25, 0.3) is 0 Å². The highest BCUT2D eigenvalue weighted by Gasteiger charge is 2.26.